The number of pyridine rings is 1. The minimum Gasteiger partial charge on any atom is -0.361 e. The monoisotopic (exact) mass is 343 g/mol. The van der Waals surface area contributed by atoms with Gasteiger partial charge in [-0.1, -0.05) is 38.5 Å². The molecule has 3 heteroatoms. The summed E-state index contributed by atoms with van der Waals surface area (Å²) in [6.45, 7) is 4.53. The van der Waals surface area contributed by atoms with Crippen molar-refractivity contribution < 1.29 is 0 Å². The van der Waals surface area contributed by atoms with Gasteiger partial charge in [0.05, 0.1) is 5.52 Å². The Balaban J connectivity index is 1.64. The fraction of sp³-hybridized carbons (Fsp3) is 0.261. The second-order valence-electron chi connectivity index (χ2n) is 6.95. The zero-order valence-corrected chi connectivity index (χ0v) is 15.4. The molecule has 0 saturated carbocycles. The van der Waals surface area contributed by atoms with Crippen LogP contribution in [0.1, 0.15) is 44.6 Å². The summed E-state index contributed by atoms with van der Waals surface area (Å²) in [6, 6.07) is 19.3. The van der Waals surface area contributed by atoms with Gasteiger partial charge in [0.2, 0.25) is 0 Å². The van der Waals surface area contributed by atoms with Crippen molar-refractivity contribution >= 4 is 33.3 Å². The lowest BCUT2D eigenvalue weighted by Crippen LogP contribution is -1.98. The molecule has 0 spiro atoms. The van der Waals surface area contributed by atoms with Gasteiger partial charge >= 0.3 is 0 Å². The highest BCUT2D eigenvalue weighted by Gasteiger charge is 2.10. The van der Waals surface area contributed by atoms with Gasteiger partial charge in [0, 0.05) is 22.8 Å². The molecule has 3 nitrogen and oxygen atoms in total. The quantitative estimate of drug-likeness (QED) is 0.406. The Bertz CT molecular complexity index is 1030. The minimum absolute atomic E-state index is 0.623. The normalized spacial score (nSPS) is 12.5. The molecule has 0 aliphatic rings. The fourth-order valence-electron chi connectivity index (χ4n) is 3.69. The highest BCUT2D eigenvalue weighted by Crippen LogP contribution is 2.28. The summed E-state index contributed by atoms with van der Waals surface area (Å²) in [6.07, 6.45) is 5.58. The van der Waals surface area contributed by atoms with Gasteiger partial charge in [-0.3, -0.25) is 0 Å². The van der Waals surface area contributed by atoms with Crippen LogP contribution < -0.4 is 5.32 Å². The largest absolute Gasteiger partial charge is 0.361 e. The predicted octanol–water partition coefficient (Wildman–Crippen LogP) is 6.75. The highest BCUT2D eigenvalue weighted by atomic mass is 15.0. The Morgan fingerprint density at radius 1 is 0.962 bits per heavy atom. The lowest BCUT2D eigenvalue weighted by Gasteiger charge is -2.15. The average molecular weight is 343 g/mol. The number of anilines is 2. The SMILES string of the molecule is CCCC(CC)c1ccc2ccc(Nc3ccc4cc[nH]c4c3)nc2c1. The molecule has 4 aromatic rings. The Morgan fingerprint density at radius 2 is 1.81 bits per heavy atom. The van der Waals surface area contributed by atoms with Crippen LogP contribution in [0.15, 0.2) is 60.8 Å². The number of aromatic amines is 1. The van der Waals surface area contributed by atoms with Crippen LogP contribution in [0.2, 0.25) is 0 Å². The second-order valence-corrected chi connectivity index (χ2v) is 6.95. The van der Waals surface area contributed by atoms with Gasteiger partial charge in [0.25, 0.3) is 0 Å². The summed E-state index contributed by atoms with van der Waals surface area (Å²) in [5.74, 6) is 1.50. The molecule has 0 bridgehead atoms. The molecule has 2 heterocycles. The fourth-order valence-corrected chi connectivity index (χ4v) is 3.69. The van der Waals surface area contributed by atoms with E-state index in [1.165, 1.54) is 35.6 Å². The molecule has 0 amide bonds. The van der Waals surface area contributed by atoms with Crippen molar-refractivity contribution in [2.75, 3.05) is 5.32 Å². The van der Waals surface area contributed by atoms with Crippen LogP contribution in [0, 0.1) is 0 Å². The Morgan fingerprint density at radius 3 is 2.65 bits per heavy atom. The first kappa shape index (κ1) is 16.6. The van der Waals surface area contributed by atoms with Crippen molar-refractivity contribution in [2.24, 2.45) is 0 Å². The van der Waals surface area contributed by atoms with Gasteiger partial charge in [-0.2, -0.15) is 0 Å². The van der Waals surface area contributed by atoms with E-state index in [0.29, 0.717) is 5.92 Å². The molecule has 1 atom stereocenters. The van der Waals surface area contributed by atoms with Gasteiger partial charge in [0.1, 0.15) is 5.82 Å². The zero-order valence-electron chi connectivity index (χ0n) is 15.4. The number of hydrogen-bond acceptors (Lipinski definition) is 2. The molecule has 2 aromatic carbocycles. The van der Waals surface area contributed by atoms with Crippen molar-refractivity contribution in [3.8, 4) is 0 Å². The van der Waals surface area contributed by atoms with Crippen LogP contribution in [0.5, 0.6) is 0 Å². The first-order chi connectivity index (χ1) is 12.8. The molecule has 1 unspecified atom stereocenters. The van der Waals surface area contributed by atoms with Gasteiger partial charge < -0.3 is 10.3 Å². The molecule has 132 valence electrons. The minimum atomic E-state index is 0.623. The van der Waals surface area contributed by atoms with Crippen molar-refractivity contribution in [1.82, 2.24) is 9.97 Å². The smallest absolute Gasteiger partial charge is 0.131 e. The molecule has 0 fully saturated rings. The third kappa shape index (κ3) is 3.30. The molecule has 0 radical (unpaired) electrons. The maximum absolute atomic E-state index is 4.85. The summed E-state index contributed by atoms with van der Waals surface area (Å²) in [5, 5.41) is 5.84. The maximum Gasteiger partial charge on any atom is 0.131 e. The third-order valence-electron chi connectivity index (χ3n) is 5.14. The number of H-pyrrole nitrogens is 1. The average Bonchev–Trinajstić information content (AvgIpc) is 3.13. The van der Waals surface area contributed by atoms with E-state index in [0.717, 1.165) is 22.5 Å². The lowest BCUT2D eigenvalue weighted by molar-refractivity contribution is 0.596. The molecular weight excluding hydrogens is 318 g/mol. The van der Waals surface area contributed by atoms with Crippen LogP contribution in [0.3, 0.4) is 0 Å². The molecule has 2 N–H and O–H groups in total. The molecular formula is C23H25N3. The van der Waals surface area contributed by atoms with E-state index in [4.69, 9.17) is 4.98 Å². The number of rotatable bonds is 6. The summed E-state index contributed by atoms with van der Waals surface area (Å²) in [7, 11) is 0. The predicted molar refractivity (Wildman–Crippen MR) is 111 cm³/mol. The summed E-state index contributed by atoms with van der Waals surface area (Å²) >= 11 is 0. The third-order valence-corrected chi connectivity index (χ3v) is 5.14. The van der Waals surface area contributed by atoms with Crippen molar-refractivity contribution in [2.45, 2.75) is 39.0 Å². The second kappa shape index (κ2) is 7.20. The van der Waals surface area contributed by atoms with E-state index < -0.39 is 0 Å². The van der Waals surface area contributed by atoms with Crippen LogP contribution in [0.25, 0.3) is 21.8 Å². The van der Waals surface area contributed by atoms with E-state index in [9.17, 15) is 0 Å². The Kier molecular flexibility index (Phi) is 4.61. The number of aromatic nitrogens is 2. The first-order valence-corrected chi connectivity index (χ1v) is 9.51. The summed E-state index contributed by atoms with van der Waals surface area (Å²) < 4.78 is 0. The van der Waals surface area contributed by atoms with Crippen LogP contribution in [0.4, 0.5) is 11.5 Å². The molecule has 0 saturated heterocycles. The van der Waals surface area contributed by atoms with E-state index in [1.54, 1.807) is 0 Å². The van der Waals surface area contributed by atoms with Crippen LogP contribution in [-0.2, 0) is 0 Å². The molecule has 0 aliphatic carbocycles. The standard InChI is InChI=1S/C23H25N3/c1-3-5-16(4-2)19-7-6-17-9-11-23(26-22(17)14-19)25-20-10-8-18-12-13-24-21(18)15-20/h6-16,24H,3-5H2,1-2H3,(H,25,26). The Hall–Kier alpha value is -2.81. The number of hydrogen-bond donors (Lipinski definition) is 2. The molecule has 0 aliphatic heterocycles. The molecule has 2 aromatic heterocycles. The van der Waals surface area contributed by atoms with Crippen molar-refractivity contribution in [3.05, 3.63) is 66.4 Å². The van der Waals surface area contributed by atoms with E-state index in [-0.39, 0.29) is 0 Å². The number of fused-ring (bicyclic) bond motifs is 2. The van der Waals surface area contributed by atoms with Gasteiger partial charge in [0.15, 0.2) is 0 Å². The van der Waals surface area contributed by atoms with E-state index >= 15 is 0 Å². The number of nitrogens with one attached hydrogen (secondary N) is 2. The summed E-state index contributed by atoms with van der Waals surface area (Å²) in [5.41, 5.74) is 4.63. The Labute approximate surface area is 154 Å². The topological polar surface area (TPSA) is 40.7 Å². The lowest BCUT2D eigenvalue weighted by atomic mass is 9.91. The number of nitrogens with zero attached hydrogens (tertiary/aromatic N) is 1. The maximum atomic E-state index is 4.85. The van der Waals surface area contributed by atoms with E-state index in [1.807, 2.05) is 12.3 Å². The van der Waals surface area contributed by atoms with Crippen LogP contribution in [-0.4, -0.2) is 9.97 Å². The van der Waals surface area contributed by atoms with E-state index in [2.05, 4.69) is 72.7 Å². The zero-order chi connectivity index (χ0) is 17.9. The molecule has 4 rings (SSSR count). The van der Waals surface area contributed by atoms with Gasteiger partial charge in [-0.15, -0.1) is 0 Å². The first-order valence-electron chi connectivity index (χ1n) is 9.51. The molecule has 26 heavy (non-hydrogen) atoms. The van der Waals surface area contributed by atoms with Crippen LogP contribution >= 0.6 is 0 Å². The van der Waals surface area contributed by atoms with Crippen molar-refractivity contribution in [3.63, 3.8) is 0 Å². The van der Waals surface area contributed by atoms with Gasteiger partial charge in [-0.25, -0.2) is 4.98 Å². The highest BCUT2D eigenvalue weighted by molar-refractivity contribution is 5.85. The van der Waals surface area contributed by atoms with Gasteiger partial charge in [-0.05, 0) is 66.1 Å². The van der Waals surface area contributed by atoms with Crippen molar-refractivity contribution in [1.29, 1.82) is 0 Å². The summed E-state index contributed by atoms with van der Waals surface area (Å²) in [4.78, 5) is 8.11. The number of benzene rings is 2.